The largest absolute Gasteiger partial charge is 0.337 e. The predicted octanol–water partition coefficient (Wildman–Crippen LogP) is 4.40. The van der Waals surface area contributed by atoms with Gasteiger partial charge in [0, 0.05) is 12.0 Å². The van der Waals surface area contributed by atoms with E-state index < -0.39 is 0 Å². The van der Waals surface area contributed by atoms with Gasteiger partial charge in [0.2, 0.25) is 0 Å². The van der Waals surface area contributed by atoms with E-state index in [1.54, 1.807) is 0 Å². The van der Waals surface area contributed by atoms with Crippen molar-refractivity contribution in [2.24, 2.45) is 0 Å². The van der Waals surface area contributed by atoms with Crippen molar-refractivity contribution in [1.82, 2.24) is 10.6 Å². The first-order valence-electron chi connectivity index (χ1n) is 8.68. The summed E-state index contributed by atoms with van der Waals surface area (Å²) < 4.78 is 0. The van der Waals surface area contributed by atoms with E-state index in [0.717, 1.165) is 18.4 Å². The predicted molar refractivity (Wildman–Crippen MR) is 98.2 cm³/mol. The van der Waals surface area contributed by atoms with Crippen molar-refractivity contribution in [3.8, 4) is 0 Å². The smallest absolute Gasteiger partial charge is 0.315 e. The third kappa shape index (κ3) is 3.45. The minimum atomic E-state index is -0.0920. The van der Waals surface area contributed by atoms with E-state index in [-0.39, 0.29) is 17.5 Å². The van der Waals surface area contributed by atoms with E-state index in [4.69, 9.17) is 0 Å². The van der Waals surface area contributed by atoms with E-state index in [0.29, 0.717) is 6.54 Å². The van der Waals surface area contributed by atoms with Crippen molar-refractivity contribution in [3.63, 3.8) is 0 Å². The Morgan fingerprint density at radius 3 is 2.29 bits per heavy atom. The average Bonchev–Trinajstić information content (AvgIpc) is 3.35. The van der Waals surface area contributed by atoms with Gasteiger partial charge in [0.25, 0.3) is 0 Å². The molecule has 1 saturated carbocycles. The van der Waals surface area contributed by atoms with E-state index in [2.05, 4.69) is 60.9 Å². The van der Waals surface area contributed by atoms with Gasteiger partial charge in [-0.15, -0.1) is 0 Å². The van der Waals surface area contributed by atoms with Gasteiger partial charge < -0.3 is 10.6 Å². The molecule has 3 rings (SSSR count). The highest BCUT2D eigenvalue weighted by molar-refractivity contribution is 5.74. The molecule has 0 heterocycles. The Balaban J connectivity index is 1.58. The maximum Gasteiger partial charge on any atom is 0.315 e. The number of urea groups is 1. The third-order valence-corrected chi connectivity index (χ3v) is 5.16. The van der Waals surface area contributed by atoms with E-state index >= 15 is 0 Å². The number of nitrogens with one attached hydrogen (secondary N) is 2. The summed E-state index contributed by atoms with van der Waals surface area (Å²) in [7, 11) is 0. The molecular weight excluding hydrogens is 296 g/mol. The molecule has 2 aromatic carbocycles. The standard InChI is InChI=1S/C21H26N2O/c1-15-8-4-6-10-18(15)17(3)23-20(24)22-14-21(12-13-21)19-11-7-5-9-16(19)2/h4-11,17H,12-14H2,1-3H3,(H2,22,23,24). The molecule has 0 spiro atoms. The molecule has 0 radical (unpaired) electrons. The molecule has 2 N–H and O–H groups in total. The summed E-state index contributed by atoms with van der Waals surface area (Å²) in [4.78, 5) is 12.3. The molecule has 3 heteroatoms. The SMILES string of the molecule is Cc1ccccc1C(C)NC(=O)NCC1(c2ccccc2C)CC1. The Hall–Kier alpha value is -2.29. The second-order valence-corrected chi connectivity index (χ2v) is 7.00. The number of carbonyl (C=O) groups is 1. The minimum Gasteiger partial charge on any atom is -0.337 e. The summed E-state index contributed by atoms with van der Waals surface area (Å²) in [5.74, 6) is 0. The molecule has 0 bridgehead atoms. The maximum absolute atomic E-state index is 12.3. The summed E-state index contributed by atoms with van der Waals surface area (Å²) in [6.45, 7) is 6.94. The van der Waals surface area contributed by atoms with E-state index in [1.807, 2.05) is 19.1 Å². The highest BCUT2D eigenvalue weighted by atomic mass is 16.2. The Bertz CT molecular complexity index is 734. The summed E-state index contributed by atoms with van der Waals surface area (Å²) in [5, 5.41) is 6.13. The van der Waals surface area contributed by atoms with Crippen molar-refractivity contribution >= 4 is 6.03 Å². The van der Waals surface area contributed by atoms with Gasteiger partial charge in [0.1, 0.15) is 0 Å². The van der Waals surface area contributed by atoms with Gasteiger partial charge in [0.05, 0.1) is 6.04 Å². The fourth-order valence-electron chi connectivity index (χ4n) is 3.51. The van der Waals surface area contributed by atoms with Crippen molar-refractivity contribution in [3.05, 3.63) is 70.8 Å². The van der Waals surface area contributed by atoms with Crippen LogP contribution in [0.2, 0.25) is 0 Å². The van der Waals surface area contributed by atoms with Crippen LogP contribution in [-0.4, -0.2) is 12.6 Å². The zero-order valence-corrected chi connectivity index (χ0v) is 14.7. The molecule has 3 nitrogen and oxygen atoms in total. The number of rotatable bonds is 5. The Morgan fingerprint density at radius 2 is 1.67 bits per heavy atom. The maximum atomic E-state index is 12.3. The number of hydrogen-bond donors (Lipinski definition) is 2. The Labute approximate surface area is 144 Å². The summed E-state index contributed by atoms with van der Waals surface area (Å²) in [6, 6.07) is 16.6. The second kappa shape index (κ2) is 6.68. The molecule has 2 aromatic rings. The van der Waals surface area contributed by atoms with Crippen molar-refractivity contribution in [2.75, 3.05) is 6.54 Å². The number of aryl methyl sites for hydroxylation is 2. The molecule has 1 aliphatic carbocycles. The Kier molecular flexibility index (Phi) is 4.61. The summed E-state index contributed by atoms with van der Waals surface area (Å²) in [5.41, 5.74) is 5.17. The third-order valence-electron chi connectivity index (χ3n) is 5.16. The fraction of sp³-hybridized carbons (Fsp3) is 0.381. The number of benzene rings is 2. The van der Waals surface area contributed by atoms with Gasteiger partial charge in [0.15, 0.2) is 0 Å². The summed E-state index contributed by atoms with van der Waals surface area (Å²) in [6.07, 6.45) is 2.29. The molecule has 0 aliphatic heterocycles. The highest BCUT2D eigenvalue weighted by Crippen LogP contribution is 2.48. The van der Waals surface area contributed by atoms with Crippen molar-refractivity contribution < 1.29 is 4.79 Å². The van der Waals surface area contributed by atoms with Gasteiger partial charge in [-0.1, -0.05) is 48.5 Å². The van der Waals surface area contributed by atoms with Crippen LogP contribution in [0.25, 0.3) is 0 Å². The quantitative estimate of drug-likeness (QED) is 0.842. The minimum absolute atomic E-state index is 0.000172. The zero-order valence-electron chi connectivity index (χ0n) is 14.7. The molecule has 24 heavy (non-hydrogen) atoms. The second-order valence-electron chi connectivity index (χ2n) is 7.00. The van der Waals surface area contributed by atoms with E-state index in [1.165, 1.54) is 16.7 Å². The normalized spacial score (nSPS) is 16.3. The van der Waals surface area contributed by atoms with Crippen LogP contribution in [0, 0.1) is 13.8 Å². The first kappa shape index (κ1) is 16.6. The van der Waals surface area contributed by atoms with Gasteiger partial charge in [-0.25, -0.2) is 4.79 Å². The van der Waals surface area contributed by atoms with Gasteiger partial charge >= 0.3 is 6.03 Å². The lowest BCUT2D eigenvalue weighted by molar-refractivity contribution is 0.237. The fourth-order valence-corrected chi connectivity index (χ4v) is 3.51. The topological polar surface area (TPSA) is 41.1 Å². The van der Waals surface area contributed by atoms with Gasteiger partial charge in [-0.05, 0) is 55.9 Å². The molecule has 1 atom stereocenters. The number of amides is 2. The van der Waals surface area contributed by atoms with Crippen LogP contribution in [0.5, 0.6) is 0 Å². The van der Waals surface area contributed by atoms with Crippen LogP contribution in [-0.2, 0) is 5.41 Å². The zero-order chi connectivity index (χ0) is 17.2. The first-order chi connectivity index (χ1) is 11.5. The molecule has 0 aromatic heterocycles. The van der Waals surface area contributed by atoms with Crippen LogP contribution in [0.1, 0.15) is 48.1 Å². The van der Waals surface area contributed by atoms with Crippen LogP contribution in [0.15, 0.2) is 48.5 Å². The summed E-state index contributed by atoms with van der Waals surface area (Å²) >= 11 is 0. The molecule has 1 aliphatic rings. The first-order valence-corrected chi connectivity index (χ1v) is 8.68. The van der Waals surface area contributed by atoms with Crippen LogP contribution in [0.4, 0.5) is 4.79 Å². The van der Waals surface area contributed by atoms with Crippen molar-refractivity contribution in [1.29, 1.82) is 0 Å². The molecule has 0 saturated heterocycles. The molecular formula is C21H26N2O. The molecule has 1 fully saturated rings. The molecule has 126 valence electrons. The van der Waals surface area contributed by atoms with Crippen LogP contribution >= 0.6 is 0 Å². The Morgan fingerprint density at radius 1 is 1.04 bits per heavy atom. The van der Waals surface area contributed by atoms with Crippen molar-refractivity contribution in [2.45, 2.75) is 45.1 Å². The van der Waals surface area contributed by atoms with Gasteiger partial charge in [-0.3, -0.25) is 0 Å². The average molecular weight is 322 g/mol. The molecule has 1 unspecified atom stereocenters. The molecule has 2 amide bonds. The van der Waals surface area contributed by atoms with E-state index in [9.17, 15) is 4.79 Å². The lowest BCUT2D eigenvalue weighted by atomic mass is 9.92. The van der Waals surface area contributed by atoms with Gasteiger partial charge in [-0.2, -0.15) is 0 Å². The highest BCUT2D eigenvalue weighted by Gasteiger charge is 2.45. The lowest BCUT2D eigenvalue weighted by Crippen LogP contribution is -2.41. The lowest BCUT2D eigenvalue weighted by Gasteiger charge is -2.21. The number of hydrogen-bond acceptors (Lipinski definition) is 1. The number of carbonyl (C=O) groups excluding carboxylic acids is 1. The van der Waals surface area contributed by atoms with Crippen LogP contribution < -0.4 is 10.6 Å². The monoisotopic (exact) mass is 322 g/mol. The van der Waals surface area contributed by atoms with Crippen LogP contribution in [0.3, 0.4) is 0 Å².